The van der Waals surface area contributed by atoms with Gasteiger partial charge >= 0.3 is 0 Å². The Kier molecular flexibility index (Phi) is 3.00. The topological polar surface area (TPSA) is 43.3 Å². The van der Waals surface area contributed by atoms with Gasteiger partial charge in [-0.3, -0.25) is 0 Å². The highest BCUT2D eigenvalue weighted by molar-refractivity contribution is 9.10. The fraction of sp³-hybridized carbons (Fsp3) is 0.300. The molecular weight excluding hydrogens is 277 g/mol. The number of hydrogen-bond acceptors (Lipinski definition) is 2. The van der Waals surface area contributed by atoms with Crippen molar-refractivity contribution in [2.45, 2.75) is 13.3 Å². The van der Waals surface area contributed by atoms with Crippen LogP contribution < -0.4 is 5.73 Å². The summed E-state index contributed by atoms with van der Waals surface area (Å²) in [5.74, 6) is 0. The van der Waals surface area contributed by atoms with Crippen LogP contribution in [0.4, 0.5) is 0 Å². The summed E-state index contributed by atoms with van der Waals surface area (Å²) in [5, 5.41) is 0.685. The maximum absolute atomic E-state index is 6.00. The van der Waals surface area contributed by atoms with Crippen molar-refractivity contribution in [1.29, 1.82) is 0 Å². The average Bonchev–Trinajstić information content (AvgIpc) is 2.46. The van der Waals surface area contributed by atoms with E-state index < -0.39 is 0 Å². The highest BCUT2D eigenvalue weighted by Gasteiger charge is 2.10. The molecule has 0 fully saturated rings. The molecule has 0 aliphatic heterocycles. The lowest BCUT2D eigenvalue weighted by atomic mass is 10.2. The molecule has 2 N–H and O–H groups in total. The van der Waals surface area contributed by atoms with Gasteiger partial charge in [0.2, 0.25) is 0 Å². The van der Waals surface area contributed by atoms with Crippen molar-refractivity contribution >= 4 is 33.2 Å². The second kappa shape index (κ2) is 4.12. The Morgan fingerprint density at radius 1 is 1.60 bits per heavy atom. The van der Waals surface area contributed by atoms with Crippen molar-refractivity contribution in [3.8, 4) is 0 Å². The number of aryl methyl sites for hydroxylation is 1. The molecular formula is C10H11BrClN3. The van der Waals surface area contributed by atoms with Crippen molar-refractivity contribution in [2.24, 2.45) is 5.73 Å². The SMILES string of the molecule is Cc1nc2c(Br)cc(Cl)cn2c1CCN. The van der Waals surface area contributed by atoms with Crippen LogP contribution in [-0.2, 0) is 6.42 Å². The van der Waals surface area contributed by atoms with E-state index in [4.69, 9.17) is 17.3 Å². The molecule has 0 aliphatic carbocycles. The van der Waals surface area contributed by atoms with Gasteiger partial charge in [0, 0.05) is 18.3 Å². The molecule has 0 amide bonds. The molecule has 2 aromatic heterocycles. The van der Waals surface area contributed by atoms with Gasteiger partial charge in [-0.1, -0.05) is 11.6 Å². The molecule has 15 heavy (non-hydrogen) atoms. The molecule has 5 heteroatoms. The van der Waals surface area contributed by atoms with Gasteiger partial charge in [-0.25, -0.2) is 4.98 Å². The smallest absolute Gasteiger partial charge is 0.151 e. The van der Waals surface area contributed by atoms with Crippen LogP contribution in [0.15, 0.2) is 16.7 Å². The number of nitrogens with two attached hydrogens (primary N) is 1. The van der Waals surface area contributed by atoms with Gasteiger partial charge in [-0.2, -0.15) is 0 Å². The number of fused-ring (bicyclic) bond motifs is 1. The molecule has 2 heterocycles. The number of hydrogen-bond donors (Lipinski definition) is 1. The molecule has 0 saturated carbocycles. The summed E-state index contributed by atoms with van der Waals surface area (Å²) in [6, 6.07) is 1.84. The molecule has 0 aliphatic rings. The van der Waals surface area contributed by atoms with Crippen molar-refractivity contribution in [1.82, 2.24) is 9.38 Å². The third-order valence-electron chi connectivity index (χ3n) is 2.32. The largest absolute Gasteiger partial charge is 0.330 e. The van der Waals surface area contributed by atoms with Crippen molar-refractivity contribution in [2.75, 3.05) is 6.54 Å². The summed E-state index contributed by atoms with van der Waals surface area (Å²) in [6.07, 6.45) is 2.67. The number of pyridine rings is 1. The fourth-order valence-corrected chi connectivity index (χ4v) is 2.54. The maximum atomic E-state index is 6.00. The van der Waals surface area contributed by atoms with Crippen molar-refractivity contribution in [3.05, 3.63) is 33.1 Å². The lowest BCUT2D eigenvalue weighted by molar-refractivity contribution is 0.893. The van der Waals surface area contributed by atoms with Gasteiger partial charge in [-0.15, -0.1) is 0 Å². The summed E-state index contributed by atoms with van der Waals surface area (Å²) in [5.41, 5.74) is 8.58. The Labute approximate surface area is 101 Å². The van der Waals surface area contributed by atoms with E-state index in [-0.39, 0.29) is 0 Å². The van der Waals surface area contributed by atoms with Gasteiger partial charge in [-0.05, 0) is 35.5 Å². The lowest BCUT2D eigenvalue weighted by Gasteiger charge is -2.02. The van der Waals surface area contributed by atoms with Gasteiger partial charge in [0.25, 0.3) is 0 Å². The minimum atomic E-state index is 0.610. The quantitative estimate of drug-likeness (QED) is 0.923. The fourth-order valence-electron chi connectivity index (χ4n) is 1.67. The number of nitrogens with zero attached hydrogens (tertiary/aromatic N) is 2. The van der Waals surface area contributed by atoms with E-state index in [2.05, 4.69) is 20.9 Å². The molecule has 0 aromatic carbocycles. The van der Waals surface area contributed by atoms with Crippen LogP contribution >= 0.6 is 27.5 Å². The molecule has 2 rings (SSSR count). The Morgan fingerprint density at radius 3 is 3.00 bits per heavy atom. The monoisotopic (exact) mass is 287 g/mol. The number of imidazole rings is 1. The first-order chi connectivity index (χ1) is 7.13. The van der Waals surface area contributed by atoms with Crippen LogP contribution in [0.2, 0.25) is 5.02 Å². The molecule has 80 valence electrons. The second-order valence-corrected chi connectivity index (χ2v) is 4.67. The zero-order chi connectivity index (χ0) is 11.0. The Bertz CT molecular complexity index is 507. The zero-order valence-electron chi connectivity index (χ0n) is 8.30. The third-order valence-corrected chi connectivity index (χ3v) is 3.11. The summed E-state index contributed by atoms with van der Waals surface area (Å²) >= 11 is 9.44. The first-order valence-electron chi connectivity index (χ1n) is 4.66. The van der Waals surface area contributed by atoms with E-state index in [0.29, 0.717) is 11.6 Å². The number of halogens is 2. The van der Waals surface area contributed by atoms with E-state index in [9.17, 15) is 0 Å². The van der Waals surface area contributed by atoms with Crippen molar-refractivity contribution < 1.29 is 0 Å². The van der Waals surface area contributed by atoms with E-state index in [0.717, 1.165) is 27.9 Å². The van der Waals surface area contributed by atoms with Gasteiger partial charge in [0.15, 0.2) is 5.65 Å². The molecule has 0 unspecified atom stereocenters. The van der Waals surface area contributed by atoms with Crippen molar-refractivity contribution in [3.63, 3.8) is 0 Å². The standard InChI is InChI=1S/C10H11BrClN3/c1-6-9(2-3-13)15-5-7(12)4-8(11)10(15)14-6/h4-5H,2-3,13H2,1H3. The summed E-state index contributed by atoms with van der Waals surface area (Å²) in [4.78, 5) is 4.47. The minimum Gasteiger partial charge on any atom is -0.330 e. The third kappa shape index (κ3) is 1.89. The first kappa shape index (κ1) is 10.9. The Balaban J connectivity index is 2.74. The molecule has 0 atom stereocenters. The predicted octanol–water partition coefficient (Wildman–Crippen LogP) is 2.56. The van der Waals surface area contributed by atoms with E-state index in [1.807, 2.05) is 23.6 Å². The second-order valence-electron chi connectivity index (χ2n) is 3.38. The Morgan fingerprint density at radius 2 is 2.33 bits per heavy atom. The summed E-state index contributed by atoms with van der Waals surface area (Å²) in [7, 11) is 0. The molecule has 0 radical (unpaired) electrons. The van der Waals surface area contributed by atoms with E-state index >= 15 is 0 Å². The van der Waals surface area contributed by atoms with Crippen LogP contribution in [0, 0.1) is 6.92 Å². The number of rotatable bonds is 2. The van der Waals surface area contributed by atoms with Gasteiger partial charge in [0.1, 0.15) is 0 Å². The summed E-state index contributed by atoms with van der Waals surface area (Å²) < 4.78 is 2.90. The molecule has 3 nitrogen and oxygen atoms in total. The molecule has 0 bridgehead atoms. The van der Waals surface area contributed by atoms with Gasteiger partial charge < -0.3 is 10.1 Å². The lowest BCUT2D eigenvalue weighted by Crippen LogP contribution is -2.06. The first-order valence-corrected chi connectivity index (χ1v) is 5.83. The van der Waals surface area contributed by atoms with Crippen LogP contribution in [0.1, 0.15) is 11.4 Å². The van der Waals surface area contributed by atoms with E-state index in [1.165, 1.54) is 0 Å². The summed E-state index contributed by atoms with van der Waals surface area (Å²) in [6.45, 7) is 2.59. The normalized spacial score (nSPS) is 11.2. The highest BCUT2D eigenvalue weighted by atomic mass is 79.9. The van der Waals surface area contributed by atoms with Gasteiger partial charge in [0.05, 0.1) is 15.2 Å². The van der Waals surface area contributed by atoms with Crippen LogP contribution in [0.25, 0.3) is 5.65 Å². The highest BCUT2D eigenvalue weighted by Crippen LogP contribution is 2.24. The van der Waals surface area contributed by atoms with Crippen LogP contribution in [0.5, 0.6) is 0 Å². The molecule has 0 spiro atoms. The number of aromatic nitrogens is 2. The molecule has 0 saturated heterocycles. The van der Waals surface area contributed by atoms with E-state index in [1.54, 1.807) is 0 Å². The predicted molar refractivity (Wildman–Crippen MR) is 65.4 cm³/mol. The molecule has 2 aromatic rings. The zero-order valence-corrected chi connectivity index (χ0v) is 10.6. The average molecular weight is 289 g/mol. The van der Waals surface area contributed by atoms with Crippen LogP contribution in [-0.4, -0.2) is 15.9 Å². The van der Waals surface area contributed by atoms with Crippen LogP contribution in [0.3, 0.4) is 0 Å². The maximum Gasteiger partial charge on any atom is 0.151 e. The Hall–Kier alpha value is -0.580. The minimum absolute atomic E-state index is 0.610.